The summed E-state index contributed by atoms with van der Waals surface area (Å²) in [4.78, 5) is 2.59. The fourth-order valence-electron chi connectivity index (χ4n) is 2.72. The molecule has 0 aromatic heterocycles. The van der Waals surface area contributed by atoms with Crippen LogP contribution < -0.4 is 5.73 Å². The third kappa shape index (κ3) is 3.83. The number of rotatable bonds is 4. The molecule has 94 valence electrons. The number of benzene rings is 1. The molecule has 1 fully saturated rings. The summed E-state index contributed by atoms with van der Waals surface area (Å²) in [5.41, 5.74) is 7.43. The predicted octanol–water partition coefficient (Wildman–Crippen LogP) is 2.43. The van der Waals surface area contributed by atoms with Gasteiger partial charge in [-0.3, -0.25) is 0 Å². The molecule has 0 saturated carbocycles. The molecule has 0 spiro atoms. The molecule has 0 amide bonds. The van der Waals surface area contributed by atoms with Crippen molar-refractivity contribution in [2.75, 3.05) is 13.1 Å². The van der Waals surface area contributed by atoms with E-state index in [0.29, 0.717) is 12.1 Å². The van der Waals surface area contributed by atoms with Crippen molar-refractivity contribution < 1.29 is 0 Å². The largest absolute Gasteiger partial charge is 0.328 e. The van der Waals surface area contributed by atoms with E-state index >= 15 is 0 Å². The first-order chi connectivity index (χ1) is 8.25. The number of hydrogen-bond acceptors (Lipinski definition) is 2. The Morgan fingerprint density at radius 1 is 1.29 bits per heavy atom. The lowest BCUT2D eigenvalue weighted by Crippen LogP contribution is -2.45. The van der Waals surface area contributed by atoms with Crippen molar-refractivity contribution in [3.8, 4) is 0 Å². The van der Waals surface area contributed by atoms with Crippen LogP contribution in [0.3, 0.4) is 0 Å². The minimum absolute atomic E-state index is 0.426. The van der Waals surface area contributed by atoms with Gasteiger partial charge in [-0.25, -0.2) is 0 Å². The lowest BCUT2D eigenvalue weighted by atomic mass is 9.98. The van der Waals surface area contributed by atoms with E-state index in [1.807, 2.05) is 0 Å². The van der Waals surface area contributed by atoms with Gasteiger partial charge in [-0.05, 0) is 51.3 Å². The topological polar surface area (TPSA) is 29.3 Å². The normalized spacial score (nSPS) is 26.0. The molecule has 0 radical (unpaired) electrons. The van der Waals surface area contributed by atoms with Crippen molar-refractivity contribution in [1.82, 2.24) is 4.90 Å². The summed E-state index contributed by atoms with van der Waals surface area (Å²) in [5, 5.41) is 0. The quantitative estimate of drug-likeness (QED) is 0.864. The van der Waals surface area contributed by atoms with Crippen LogP contribution in [0, 0.1) is 0 Å². The second-order valence-corrected chi connectivity index (χ2v) is 5.26. The fourth-order valence-corrected chi connectivity index (χ4v) is 2.72. The number of hydrogen-bond donors (Lipinski definition) is 1. The monoisotopic (exact) mass is 232 g/mol. The second-order valence-electron chi connectivity index (χ2n) is 5.26. The molecule has 2 N–H and O–H groups in total. The van der Waals surface area contributed by atoms with Crippen molar-refractivity contribution in [2.24, 2.45) is 5.73 Å². The van der Waals surface area contributed by atoms with Crippen LogP contribution in [0.1, 0.15) is 31.7 Å². The van der Waals surface area contributed by atoms with Crippen LogP contribution in [0.4, 0.5) is 0 Å². The van der Waals surface area contributed by atoms with E-state index in [-0.39, 0.29) is 0 Å². The summed E-state index contributed by atoms with van der Waals surface area (Å²) in [7, 11) is 0. The van der Waals surface area contributed by atoms with Gasteiger partial charge in [0.15, 0.2) is 0 Å². The number of piperidine rings is 1. The molecule has 1 heterocycles. The number of likely N-dealkylation sites (tertiary alicyclic amines) is 1. The number of aryl methyl sites for hydroxylation is 1. The molecule has 1 aliphatic rings. The summed E-state index contributed by atoms with van der Waals surface area (Å²) >= 11 is 0. The maximum atomic E-state index is 5.98. The molecule has 1 aromatic rings. The summed E-state index contributed by atoms with van der Waals surface area (Å²) < 4.78 is 0. The zero-order valence-electron chi connectivity index (χ0n) is 10.8. The van der Waals surface area contributed by atoms with Crippen LogP contribution in [0.5, 0.6) is 0 Å². The van der Waals surface area contributed by atoms with E-state index in [1.54, 1.807) is 0 Å². The molecule has 2 atom stereocenters. The van der Waals surface area contributed by atoms with Gasteiger partial charge in [-0.1, -0.05) is 30.3 Å². The maximum absolute atomic E-state index is 5.98. The van der Waals surface area contributed by atoms with E-state index < -0.39 is 0 Å². The molecule has 2 rings (SSSR count). The summed E-state index contributed by atoms with van der Waals surface area (Å²) in [5.74, 6) is 0. The highest BCUT2D eigenvalue weighted by molar-refractivity contribution is 5.14. The third-order valence-corrected chi connectivity index (χ3v) is 3.81. The SMILES string of the molecule is CC1CC(N)CCN1CCCc1ccccc1. The van der Waals surface area contributed by atoms with Gasteiger partial charge >= 0.3 is 0 Å². The van der Waals surface area contributed by atoms with E-state index in [4.69, 9.17) is 5.73 Å². The average Bonchev–Trinajstić information content (AvgIpc) is 2.33. The van der Waals surface area contributed by atoms with Crippen LogP contribution in [-0.4, -0.2) is 30.1 Å². The van der Waals surface area contributed by atoms with Gasteiger partial charge in [0.05, 0.1) is 0 Å². The standard InChI is InChI=1S/C15H24N2/c1-13-12-15(16)9-11-17(13)10-5-8-14-6-3-2-4-7-14/h2-4,6-7,13,15H,5,8-12,16H2,1H3. The summed E-state index contributed by atoms with van der Waals surface area (Å²) in [6.45, 7) is 4.70. The molecule has 2 nitrogen and oxygen atoms in total. The smallest absolute Gasteiger partial charge is 0.00816 e. The van der Waals surface area contributed by atoms with E-state index in [1.165, 1.54) is 31.5 Å². The lowest BCUT2D eigenvalue weighted by Gasteiger charge is -2.36. The van der Waals surface area contributed by atoms with E-state index in [2.05, 4.69) is 42.2 Å². The number of nitrogens with zero attached hydrogens (tertiary/aromatic N) is 1. The van der Waals surface area contributed by atoms with Gasteiger partial charge in [-0.2, -0.15) is 0 Å². The molecular formula is C15H24N2. The second kappa shape index (κ2) is 6.18. The highest BCUT2D eigenvalue weighted by atomic mass is 15.2. The minimum atomic E-state index is 0.426. The summed E-state index contributed by atoms with van der Waals surface area (Å²) in [6, 6.07) is 11.9. The Bertz CT molecular complexity index is 323. The highest BCUT2D eigenvalue weighted by Gasteiger charge is 2.22. The average molecular weight is 232 g/mol. The summed E-state index contributed by atoms with van der Waals surface area (Å²) in [6.07, 6.45) is 4.76. The first kappa shape index (κ1) is 12.6. The Morgan fingerprint density at radius 3 is 2.76 bits per heavy atom. The Kier molecular flexibility index (Phi) is 4.57. The third-order valence-electron chi connectivity index (χ3n) is 3.81. The van der Waals surface area contributed by atoms with Crippen molar-refractivity contribution in [3.63, 3.8) is 0 Å². The zero-order chi connectivity index (χ0) is 12.1. The van der Waals surface area contributed by atoms with Crippen LogP contribution in [0.25, 0.3) is 0 Å². The van der Waals surface area contributed by atoms with Crippen LogP contribution in [0.15, 0.2) is 30.3 Å². The Morgan fingerprint density at radius 2 is 2.06 bits per heavy atom. The van der Waals surface area contributed by atoms with E-state index in [0.717, 1.165) is 12.8 Å². The Hall–Kier alpha value is -0.860. The Balaban J connectivity index is 1.72. The molecule has 0 bridgehead atoms. The molecular weight excluding hydrogens is 208 g/mol. The van der Waals surface area contributed by atoms with Crippen LogP contribution in [-0.2, 0) is 6.42 Å². The molecule has 0 aliphatic carbocycles. The number of nitrogens with two attached hydrogens (primary N) is 1. The van der Waals surface area contributed by atoms with Gasteiger partial charge < -0.3 is 10.6 Å². The van der Waals surface area contributed by atoms with Gasteiger partial charge in [0, 0.05) is 12.1 Å². The maximum Gasteiger partial charge on any atom is 0.00816 e. The van der Waals surface area contributed by atoms with Gasteiger partial charge in [0.1, 0.15) is 0 Å². The molecule has 1 aromatic carbocycles. The van der Waals surface area contributed by atoms with Crippen molar-refractivity contribution in [2.45, 2.75) is 44.7 Å². The van der Waals surface area contributed by atoms with Crippen LogP contribution in [0.2, 0.25) is 0 Å². The van der Waals surface area contributed by atoms with Gasteiger partial charge in [-0.15, -0.1) is 0 Å². The fraction of sp³-hybridized carbons (Fsp3) is 0.600. The predicted molar refractivity (Wildman–Crippen MR) is 73.0 cm³/mol. The first-order valence-electron chi connectivity index (χ1n) is 6.79. The molecule has 1 saturated heterocycles. The van der Waals surface area contributed by atoms with Gasteiger partial charge in [0.2, 0.25) is 0 Å². The van der Waals surface area contributed by atoms with E-state index in [9.17, 15) is 0 Å². The van der Waals surface area contributed by atoms with Crippen molar-refractivity contribution in [3.05, 3.63) is 35.9 Å². The van der Waals surface area contributed by atoms with Gasteiger partial charge in [0.25, 0.3) is 0 Å². The Labute approximate surface area is 105 Å². The van der Waals surface area contributed by atoms with Crippen molar-refractivity contribution in [1.29, 1.82) is 0 Å². The highest BCUT2D eigenvalue weighted by Crippen LogP contribution is 2.16. The van der Waals surface area contributed by atoms with Crippen LogP contribution >= 0.6 is 0 Å². The molecule has 1 aliphatic heterocycles. The zero-order valence-corrected chi connectivity index (χ0v) is 10.8. The molecule has 17 heavy (non-hydrogen) atoms. The minimum Gasteiger partial charge on any atom is -0.328 e. The lowest BCUT2D eigenvalue weighted by molar-refractivity contribution is 0.146. The molecule has 2 unspecified atom stereocenters. The molecule has 2 heteroatoms. The first-order valence-corrected chi connectivity index (χ1v) is 6.79. The van der Waals surface area contributed by atoms with Crippen molar-refractivity contribution >= 4 is 0 Å².